The van der Waals surface area contributed by atoms with Crippen LogP contribution in [0.5, 0.6) is 0 Å². The van der Waals surface area contributed by atoms with Crippen LogP contribution >= 0.6 is 0 Å². The fourth-order valence-corrected chi connectivity index (χ4v) is 1.50. The lowest BCUT2D eigenvalue weighted by Crippen LogP contribution is -2.13. The van der Waals surface area contributed by atoms with Gasteiger partial charge >= 0.3 is 0 Å². The lowest BCUT2D eigenvalue weighted by molar-refractivity contribution is 0.779. The van der Waals surface area contributed by atoms with Crippen molar-refractivity contribution < 1.29 is 0 Å². The molecule has 0 unspecified atom stereocenters. The van der Waals surface area contributed by atoms with Gasteiger partial charge in [-0.2, -0.15) is 0 Å². The lowest BCUT2D eigenvalue weighted by atomic mass is 10.1. The van der Waals surface area contributed by atoms with E-state index in [-0.39, 0.29) is 0 Å². The molecular weight excluding hydrogens is 218 g/mol. The molecule has 0 saturated carbocycles. The Bertz CT molecular complexity index is 354. The number of hydrogen-bond acceptors (Lipinski definition) is 1. The van der Waals surface area contributed by atoms with Crippen molar-refractivity contribution in [2.24, 2.45) is 0 Å². The summed E-state index contributed by atoms with van der Waals surface area (Å²) >= 11 is 0. The van der Waals surface area contributed by atoms with E-state index in [2.05, 4.69) is 57.0 Å². The van der Waals surface area contributed by atoms with Crippen molar-refractivity contribution in [2.45, 2.75) is 40.5 Å². The van der Waals surface area contributed by atoms with E-state index in [0.29, 0.717) is 0 Å². The summed E-state index contributed by atoms with van der Waals surface area (Å²) in [5, 5.41) is 3.42. The van der Waals surface area contributed by atoms with Crippen LogP contribution in [-0.2, 0) is 0 Å². The summed E-state index contributed by atoms with van der Waals surface area (Å²) in [5.74, 6) is 0. The van der Waals surface area contributed by atoms with Gasteiger partial charge in [0.05, 0.1) is 0 Å². The first-order valence-corrected chi connectivity index (χ1v) is 6.62. The second-order valence-electron chi connectivity index (χ2n) is 4.28. The molecule has 100 valence electrons. The molecule has 0 spiro atoms. The van der Waals surface area contributed by atoms with Crippen LogP contribution in [0.2, 0.25) is 0 Å². The SMILES string of the molecule is C=CC/C(=C\C)NCC/C=C(C)/C(C)=C/C=C\C. The first-order chi connectivity index (χ1) is 8.65. The summed E-state index contributed by atoms with van der Waals surface area (Å²) in [7, 11) is 0. The third-order valence-electron chi connectivity index (χ3n) is 2.82. The number of rotatable bonds is 8. The standard InChI is InChI=1S/C17H27N/c1-6-9-12-15(4)16(5)13-10-14-18-17(8-3)11-7-2/h6-9,12-13,18H,2,10-11,14H2,1,3-5H3/b9-6-,15-12+,16-13+,17-8+. The summed E-state index contributed by atoms with van der Waals surface area (Å²) in [6, 6.07) is 0. The number of nitrogens with one attached hydrogen (secondary N) is 1. The molecule has 1 N–H and O–H groups in total. The molecule has 0 fully saturated rings. The molecule has 1 heteroatoms. The quantitative estimate of drug-likeness (QED) is 0.364. The molecule has 18 heavy (non-hydrogen) atoms. The van der Waals surface area contributed by atoms with Gasteiger partial charge in [-0.15, -0.1) is 6.58 Å². The van der Waals surface area contributed by atoms with Crippen molar-refractivity contribution in [2.75, 3.05) is 6.54 Å². The highest BCUT2D eigenvalue weighted by Crippen LogP contribution is 2.09. The van der Waals surface area contributed by atoms with E-state index in [1.807, 2.05) is 19.1 Å². The van der Waals surface area contributed by atoms with E-state index in [9.17, 15) is 0 Å². The van der Waals surface area contributed by atoms with Gasteiger partial charge in [0.1, 0.15) is 0 Å². The summed E-state index contributed by atoms with van der Waals surface area (Å²) in [4.78, 5) is 0. The Morgan fingerprint density at radius 3 is 2.44 bits per heavy atom. The molecule has 0 aliphatic rings. The van der Waals surface area contributed by atoms with Crippen LogP contribution in [0, 0.1) is 0 Å². The Balaban J connectivity index is 4.12. The maximum absolute atomic E-state index is 3.75. The molecule has 0 aromatic rings. The van der Waals surface area contributed by atoms with Crippen molar-refractivity contribution in [3.8, 4) is 0 Å². The fourth-order valence-electron chi connectivity index (χ4n) is 1.50. The van der Waals surface area contributed by atoms with Crippen molar-refractivity contribution in [3.63, 3.8) is 0 Å². The van der Waals surface area contributed by atoms with E-state index in [1.54, 1.807) is 0 Å². The highest BCUT2D eigenvalue weighted by Gasteiger charge is 1.93. The van der Waals surface area contributed by atoms with Crippen molar-refractivity contribution >= 4 is 0 Å². The van der Waals surface area contributed by atoms with Gasteiger partial charge in [0.25, 0.3) is 0 Å². The van der Waals surface area contributed by atoms with Gasteiger partial charge in [-0.3, -0.25) is 0 Å². The molecule has 0 amide bonds. The Hall–Kier alpha value is -1.50. The van der Waals surface area contributed by atoms with Crippen LogP contribution in [-0.4, -0.2) is 6.54 Å². The van der Waals surface area contributed by atoms with Crippen LogP contribution < -0.4 is 5.32 Å². The molecule has 0 aromatic heterocycles. The normalized spacial score (nSPS) is 14.1. The van der Waals surface area contributed by atoms with Crippen molar-refractivity contribution in [1.29, 1.82) is 0 Å². The van der Waals surface area contributed by atoms with Gasteiger partial charge in [0.2, 0.25) is 0 Å². The lowest BCUT2D eigenvalue weighted by Gasteiger charge is -2.07. The van der Waals surface area contributed by atoms with Gasteiger partial charge in [0, 0.05) is 18.7 Å². The number of hydrogen-bond donors (Lipinski definition) is 1. The summed E-state index contributed by atoms with van der Waals surface area (Å²) in [6.45, 7) is 13.1. The molecule has 0 heterocycles. The Kier molecular flexibility index (Phi) is 9.75. The minimum absolute atomic E-state index is 0.916. The summed E-state index contributed by atoms with van der Waals surface area (Å²) < 4.78 is 0. The zero-order valence-electron chi connectivity index (χ0n) is 12.3. The maximum Gasteiger partial charge on any atom is 0.0178 e. The molecule has 0 aliphatic carbocycles. The summed E-state index contributed by atoms with van der Waals surface area (Å²) in [6.07, 6.45) is 14.5. The molecule has 1 nitrogen and oxygen atoms in total. The van der Waals surface area contributed by atoms with Crippen LogP contribution in [0.25, 0.3) is 0 Å². The second kappa shape index (κ2) is 10.6. The van der Waals surface area contributed by atoms with Crippen LogP contribution in [0.3, 0.4) is 0 Å². The molecule has 0 aromatic carbocycles. The highest BCUT2D eigenvalue weighted by atomic mass is 14.9. The van der Waals surface area contributed by atoms with E-state index in [4.69, 9.17) is 0 Å². The number of allylic oxidation sites excluding steroid dienone is 7. The van der Waals surface area contributed by atoms with Gasteiger partial charge in [-0.25, -0.2) is 0 Å². The largest absolute Gasteiger partial charge is 0.388 e. The molecule has 0 bridgehead atoms. The molecule has 0 saturated heterocycles. The monoisotopic (exact) mass is 245 g/mol. The topological polar surface area (TPSA) is 12.0 Å². The van der Waals surface area contributed by atoms with E-state index in [0.717, 1.165) is 19.4 Å². The minimum atomic E-state index is 0.916. The first-order valence-electron chi connectivity index (χ1n) is 6.62. The zero-order chi connectivity index (χ0) is 13.8. The predicted molar refractivity (Wildman–Crippen MR) is 83.5 cm³/mol. The van der Waals surface area contributed by atoms with E-state index < -0.39 is 0 Å². The Morgan fingerprint density at radius 1 is 1.17 bits per heavy atom. The zero-order valence-corrected chi connectivity index (χ0v) is 12.3. The second-order valence-corrected chi connectivity index (χ2v) is 4.28. The van der Waals surface area contributed by atoms with Crippen LogP contribution in [0.15, 0.2) is 59.9 Å². The maximum atomic E-state index is 3.75. The smallest absolute Gasteiger partial charge is 0.0178 e. The third-order valence-corrected chi connectivity index (χ3v) is 2.82. The fraction of sp³-hybridized carbons (Fsp3) is 0.412. The Labute approximate surface area is 113 Å². The van der Waals surface area contributed by atoms with E-state index >= 15 is 0 Å². The van der Waals surface area contributed by atoms with E-state index in [1.165, 1.54) is 16.8 Å². The molecular formula is C17H27N. The average Bonchev–Trinajstić information content (AvgIpc) is 2.39. The Morgan fingerprint density at radius 2 is 1.89 bits per heavy atom. The van der Waals surface area contributed by atoms with Gasteiger partial charge in [-0.05, 0) is 39.7 Å². The average molecular weight is 245 g/mol. The molecule has 0 rings (SSSR count). The van der Waals surface area contributed by atoms with Gasteiger partial charge in [-0.1, -0.05) is 42.0 Å². The molecule has 0 radical (unpaired) electrons. The van der Waals surface area contributed by atoms with Gasteiger partial charge < -0.3 is 5.32 Å². The predicted octanol–water partition coefficient (Wildman–Crippen LogP) is 4.91. The third kappa shape index (κ3) is 7.72. The summed E-state index contributed by atoms with van der Waals surface area (Å²) in [5.41, 5.74) is 3.92. The molecule has 0 aliphatic heterocycles. The van der Waals surface area contributed by atoms with Crippen LogP contribution in [0.4, 0.5) is 0 Å². The highest BCUT2D eigenvalue weighted by molar-refractivity contribution is 5.30. The van der Waals surface area contributed by atoms with Gasteiger partial charge in [0.15, 0.2) is 0 Å². The first kappa shape index (κ1) is 16.5. The van der Waals surface area contributed by atoms with Crippen molar-refractivity contribution in [1.82, 2.24) is 5.32 Å². The van der Waals surface area contributed by atoms with Crippen LogP contribution in [0.1, 0.15) is 40.5 Å². The minimum Gasteiger partial charge on any atom is -0.388 e. The van der Waals surface area contributed by atoms with Crippen molar-refractivity contribution in [3.05, 3.63) is 59.9 Å². The molecule has 0 atom stereocenters.